The molecule has 120 valence electrons. The van der Waals surface area contributed by atoms with Gasteiger partial charge in [0.05, 0.1) is 23.9 Å². The summed E-state index contributed by atoms with van der Waals surface area (Å²) in [6, 6.07) is 0. The van der Waals surface area contributed by atoms with Gasteiger partial charge in [-0.15, -0.1) is 11.3 Å². The molecule has 2 aromatic rings. The highest BCUT2D eigenvalue weighted by Gasteiger charge is 2.18. The number of thiophene rings is 1. The molecule has 0 saturated carbocycles. The molecule has 0 atom stereocenters. The van der Waals surface area contributed by atoms with Crippen molar-refractivity contribution in [2.75, 3.05) is 27.2 Å². The molecule has 0 aromatic carbocycles. The van der Waals surface area contributed by atoms with Gasteiger partial charge in [0, 0.05) is 18.5 Å². The molecule has 0 spiro atoms. The summed E-state index contributed by atoms with van der Waals surface area (Å²) in [7, 11) is 3.89. The van der Waals surface area contributed by atoms with E-state index < -0.39 is 5.97 Å². The van der Waals surface area contributed by atoms with Crippen molar-refractivity contribution in [1.82, 2.24) is 14.5 Å². The Hall–Kier alpha value is -1.73. The molecule has 0 fully saturated rings. The number of aromatic nitrogens is 2. The standard InChI is InChI=1S/C15H21N3O3S/c1-4-5-8-21-15(20)11-9-22-13-12(11)14(19)18(10-16-13)7-6-17(2)3/h9-10H,4-8H2,1-3H3. The molecule has 0 aliphatic rings. The maximum Gasteiger partial charge on any atom is 0.339 e. The molecule has 7 heteroatoms. The lowest BCUT2D eigenvalue weighted by molar-refractivity contribution is 0.0502. The Morgan fingerprint density at radius 3 is 2.91 bits per heavy atom. The molecule has 0 unspecified atom stereocenters. The van der Waals surface area contributed by atoms with Gasteiger partial charge in [-0.2, -0.15) is 0 Å². The molecule has 0 amide bonds. The van der Waals surface area contributed by atoms with Crippen LogP contribution in [-0.4, -0.2) is 47.7 Å². The van der Waals surface area contributed by atoms with Crippen molar-refractivity contribution in [3.05, 3.63) is 27.6 Å². The van der Waals surface area contributed by atoms with Crippen molar-refractivity contribution in [2.45, 2.75) is 26.3 Å². The summed E-state index contributed by atoms with van der Waals surface area (Å²) < 4.78 is 6.75. The minimum Gasteiger partial charge on any atom is -0.462 e. The SMILES string of the molecule is CCCCOC(=O)c1csc2ncn(CCN(C)C)c(=O)c12. The third-order valence-electron chi connectivity index (χ3n) is 3.30. The molecule has 0 saturated heterocycles. The first-order valence-corrected chi connectivity index (χ1v) is 8.21. The number of likely N-dealkylation sites (N-methyl/N-ethyl adjacent to an activating group) is 1. The molecule has 0 bridgehead atoms. The van der Waals surface area contributed by atoms with Crippen LogP contribution in [0.3, 0.4) is 0 Å². The minimum atomic E-state index is -0.441. The van der Waals surface area contributed by atoms with Gasteiger partial charge in [0.1, 0.15) is 4.83 Å². The predicted octanol–water partition coefficient (Wildman–Crippen LogP) is 1.98. The highest BCUT2D eigenvalue weighted by molar-refractivity contribution is 7.17. The van der Waals surface area contributed by atoms with Gasteiger partial charge >= 0.3 is 5.97 Å². The quantitative estimate of drug-likeness (QED) is 0.576. The van der Waals surface area contributed by atoms with E-state index in [1.165, 1.54) is 22.2 Å². The van der Waals surface area contributed by atoms with E-state index >= 15 is 0 Å². The molecule has 6 nitrogen and oxygen atoms in total. The van der Waals surface area contributed by atoms with Gasteiger partial charge in [-0.1, -0.05) is 13.3 Å². The van der Waals surface area contributed by atoms with Crippen LogP contribution in [-0.2, 0) is 11.3 Å². The largest absolute Gasteiger partial charge is 0.462 e. The average molecular weight is 323 g/mol. The van der Waals surface area contributed by atoms with Crippen molar-refractivity contribution in [2.24, 2.45) is 0 Å². The third kappa shape index (κ3) is 3.72. The van der Waals surface area contributed by atoms with Gasteiger partial charge in [0.25, 0.3) is 5.56 Å². The second-order valence-electron chi connectivity index (χ2n) is 5.37. The van der Waals surface area contributed by atoms with Crippen LogP contribution >= 0.6 is 11.3 Å². The Labute approximate surface area is 133 Å². The van der Waals surface area contributed by atoms with Crippen LogP contribution in [0.5, 0.6) is 0 Å². The minimum absolute atomic E-state index is 0.185. The topological polar surface area (TPSA) is 64.4 Å². The van der Waals surface area contributed by atoms with Gasteiger partial charge in [0.2, 0.25) is 0 Å². The summed E-state index contributed by atoms with van der Waals surface area (Å²) in [5.74, 6) is -0.441. The summed E-state index contributed by atoms with van der Waals surface area (Å²) in [4.78, 5) is 31.5. The number of rotatable bonds is 7. The number of unbranched alkanes of at least 4 members (excludes halogenated alkanes) is 1. The number of fused-ring (bicyclic) bond motifs is 1. The summed E-state index contributed by atoms with van der Waals surface area (Å²) in [6.07, 6.45) is 3.31. The maximum absolute atomic E-state index is 12.6. The van der Waals surface area contributed by atoms with Crippen molar-refractivity contribution in [3.8, 4) is 0 Å². The Morgan fingerprint density at radius 1 is 1.45 bits per heavy atom. The van der Waals surface area contributed by atoms with Gasteiger partial charge < -0.3 is 9.64 Å². The first-order chi connectivity index (χ1) is 10.5. The fourth-order valence-electron chi connectivity index (χ4n) is 1.97. The lowest BCUT2D eigenvalue weighted by Gasteiger charge is -2.11. The zero-order chi connectivity index (χ0) is 16.1. The fraction of sp³-hybridized carbons (Fsp3) is 0.533. The van der Waals surface area contributed by atoms with Gasteiger partial charge in [-0.05, 0) is 20.5 Å². The van der Waals surface area contributed by atoms with Crippen LogP contribution in [0.15, 0.2) is 16.5 Å². The molecule has 0 aliphatic carbocycles. The third-order valence-corrected chi connectivity index (χ3v) is 4.19. The van der Waals surface area contributed by atoms with Crippen molar-refractivity contribution >= 4 is 27.5 Å². The maximum atomic E-state index is 12.6. The van der Waals surface area contributed by atoms with Crippen LogP contribution < -0.4 is 5.56 Å². The van der Waals surface area contributed by atoms with Crippen LogP contribution in [0, 0.1) is 0 Å². The number of nitrogens with zero attached hydrogens (tertiary/aromatic N) is 3. The second-order valence-corrected chi connectivity index (χ2v) is 6.22. The van der Waals surface area contributed by atoms with E-state index in [4.69, 9.17) is 4.74 Å². The molecule has 0 aliphatic heterocycles. The van der Waals surface area contributed by atoms with E-state index in [0.29, 0.717) is 28.9 Å². The summed E-state index contributed by atoms with van der Waals surface area (Å²) in [5, 5.41) is 2.02. The molecule has 22 heavy (non-hydrogen) atoms. The van der Waals surface area contributed by atoms with Crippen molar-refractivity contribution in [3.63, 3.8) is 0 Å². The zero-order valence-corrected chi connectivity index (χ0v) is 14.0. The molecular weight excluding hydrogens is 302 g/mol. The van der Waals surface area contributed by atoms with Gasteiger partial charge in [-0.25, -0.2) is 9.78 Å². The van der Waals surface area contributed by atoms with Gasteiger partial charge in [-0.3, -0.25) is 9.36 Å². The van der Waals surface area contributed by atoms with E-state index in [1.54, 1.807) is 5.38 Å². The molecule has 0 N–H and O–H groups in total. The smallest absolute Gasteiger partial charge is 0.339 e. The molecule has 2 rings (SSSR count). The highest BCUT2D eigenvalue weighted by atomic mass is 32.1. The number of esters is 1. The molecule has 2 heterocycles. The highest BCUT2D eigenvalue weighted by Crippen LogP contribution is 2.21. The second kappa shape index (κ2) is 7.51. The Bertz CT molecular complexity index is 706. The number of carbonyl (C=O) groups is 1. The normalized spacial score (nSPS) is 11.3. The van der Waals surface area contributed by atoms with Crippen LogP contribution in [0.1, 0.15) is 30.1 Å². The lowest BCUT2D eigenvalue weighted by atomic mass is 10.2. The van der Waals surface area contributed by atoms with E-state index in [0.717, 1.165) is 19.4 Å². The fourth-order valence-corrected chi connectivity index (χ4v) is 2.84. The van der Waals surface area contributed by atoms with Gasteiger partial charge in [0.15, 0.2) is 0 Å². The van der Waals surface area contributed by atoms with Crippen molar-refractivity contribution < 1.29 is 9.53 Å². The molecular formula is C15H21N3O3S. The van der Waals surface area contributed by atoms with E-state index in [1.807, 2.05) is 25.9 Å². The first-order valence-electron chi connectivity index (χ1n) is 7.33. The van der Waals surface area contributed by atoms with E-state index in [9.17, 15) is 9.59 Å². The van der Waals surface area contributed by atoms with Crippen molar-refractivity contribution in [1.29, 1.82) is 0 Å². The summed E-state index contributed by atoms with van der Waals surface area (Å²) in [6.45, 7) is 3.67. The molecule has 2 aromatic heterocycles. The summed E-state index contributed by atoms with van der Waals surface area (Å²) in [5.41, 5.74) is 0.142. The Morgan fingerprint density at radius 2 is 2.23 bits per heavy atom. The lowest BCUT2D eigenvalue weighted by Crippen LogP contribution is -2.27. The molecule has 0 radical (unpaired) electrons. The van der Waals surface area contributed by atoms with Crippen LogP contribution in [0.4, 0.5) is 0 Å². The monoisotopic (exact) mass is 323 g/mol. The number of hydrogen-bond donors (Lipinski definition) is 0. The van der Waals surface area contributed by atoms with E-state index in [-0.39, 0.29) is 5.56 Å². The zero-order valence-electron chi connectivity index (χ0n) is 13.2. The number of ether oxygens (including phenoxy) is 1. The number of carbonyl (C=O) groups excluding carboxylic acids is 1. The van der Waals surface area contributed by atoms with E-state index in [2.05, 4.69) is 4.98 Å². The Balaban J connectivity index is 2.30. The number of hydrogen-bond acceptors (Lipinski definition) is 6. The van der Waals surface area contributed by atoms with Crippen LogP contribution in [0.2, 0.25) is 0 Å². The summed E-state index contributed by atoms with van der Waals surface area (Å²) >= 11 is 1.29. The average Bonchev–Trinajstić information content (AvgIpc) is 2.91. The first kappa shape index (κ1) is 16.6. The predicted molar refractivity (Wildman–Crippen MR) is 87.6 cm³/mol. The van der Waals surface area contributed by atoms with Crippen LogP contribution in [0.25, 0.3) is 10.2 Å². The Kier molecular flexibility index (Phi) is 5.68.